The highest BCUT2D eigenvalue weighted by atomic mass is 79.9. The van der Waals surface area contributed by atoms with Gasteiger partial charge in [-0.2, -0.15) is 0 Å². The predicted octanol–water partition coefficient (Wildman–Crippen LogP) is 3.68. The Balaban J connectivity index is 2.15. The Kier molecular flexibility index (Phi) is 4.99. The molecule has 0 bridgehead atoms. The highest BCUT2D eigenvalue weighted by Crippen LogP contribution is 2.28. The number of hydrogen-bond acceptors (Lipinski definition) is 3. The molecular formula is C13H14BrClN2O3. The van der Waals surface area contributed by atoms with Crippen molar-refractivity contribution in [1.82, 2.24) is 5.32 Å². The van der Waals surface area contributed by atoms with Crippen molar-refractivity contribution in [3.05, 3.63) is 38.9 Å². The van der Waals surface area contributed by atoms with E-state index in [2.05, 4.69) is 21.2 Å². The molecule has 7 heteroatoms. The molecule has 1 aliphatic carbocycles. The van der Waals surface area contributed by atoms with Gasteiger partial charge < -0.3 is 5.32 Å². The van der Waals surface area contributed by atoms with Gasteiger partial charge >= 0.3 is 0 Å². The van der Waals surface area contributed by atoms with Crippen LogP contribution in [0.3, 0.4) is 0 Å². The number of benzene rings is 1. The summed E-state index contributed by atoms with van der Waals surface area (Å²) in [5.41, 5.74) is -0.315. The van der Waals surface area contributed by atoms with Crippen LogP contribution in [0.5, 0.6) is 0 Å². The number of nitro groups is 1. The third-order valence-electron chi connectivity index (χ3n) is 3.41. The van der Waals surface area contributed by atoms with E-state index in [0.29, 0.717) is 4.83 Å². The molecule has 0 aromatic heterocycles. The van der Waals surface area contributed by atoms with Gasteiger partial charge in [0.25, 0.3) is 11.6 Å². The molecule has 5 nitrogen and oxygen atoms in total. The fourth-order valence-corrected chi connectivity index (χ4v) is 3.13. The number of halogens is 2. The fraction of sp³-hybridized carbons (Fsp3) is 0.462. The number of hydrogen-bond donors (Lipinski definition) is 1. The molecule has 0 atom stereocenters. The van der Waals surface area contributed by atoms with E-state index in [-0.39, 0.29) is 22.3 Å². The molecule has 1 fully saturated rings. The first-order valence-corrected chi connectivity index (χ1v) is 7.66. The lowest BCUT2D eigenvalue weighted by atomic mass is 9.95. The minimum Gasteiger partial charge on any atom is -0.349 e. The third kappa shape index (κ3) is 3.49. The van der Waals surface area contributed by atoms with Crippen molar-refractivity contribution in [2.24, 2.45) is 0 Å². The van der Waals surface area contributed by atoms with Gasteiger partial charge in [-0.15, -0.1) is 0 Å². The fourth-order valence-electron chi connectivity index (χ4n) is 2.34. The van der Waals surface area contributed by atoms with E-state index in [4.69, 9.17) is 11.6 Å². The summed E-state index contributed by atoms with van der Waals surface area (Å²) in [6, 6.07) is 4.29. The van der Waals surface area contributed by atoms with Gasteiger partial charge in [0.15, 0.2) is 0 Å². The number of amides is 1. The van der Waals surface area contributed by atoms with Crippen LogP contribution in [0.15, 0.2) is 18.2 Å². The third-order valence-corrected chi connectivity index (χ3v) is 4.64. The van der Waals surface area contributed by atoms with Crippen LogP contribution in [0.4, 0.5) is 5.69 Å². The molecule has 1 aromatic rings. The van der Waals surface area contributed by atoms with E-state index < -0.39 is 10.8 Å². The summed E-state index contributed by atoms with van der Waals surface area (Å²) in [4.78, 5) is 23.1. The van der Waals surface area contributed by atoms with Gasteiger partial charge in [-0.1, -0.05) is 33.6 Å². The molecule has 1 saturated carbocycles. The van der Waals surface area contributed by atoms with Crippen LogP contribution in [-0.2, 0) is 0 Å². The molecule has 108 valence electrons. The summed E-state index contributed by atoms with van der Waals surface area (Å²) in [6.07, 6.45) is 3.69. The highest BCUT2D eigenvalue weighted by molar-refractivity contribution is 9.09. The van der Waals surface area contributed by atoms with E-state index >= 15 is 0 Å². The molecule has 1 aromatic carbocycles. The quantitative estimate of drug-likeness (QED) is 0.507. The smallest absolute Gasteiger partial charge is 0.283 e. The van der Waals surface area contributed by atoms with E-state index in [1.807, 2.05) is 0 Å². The Morgan fingerprint density at radius 3 is 2.60 bits per heavy atom. The molecule has 0 radical (unpaired) electrons. The van der Waals surface area contributed by atoms with Gasteiger partial charge in [0.2, 0.25) is 0 Å². The molecule has 1 N–H and O–H groups in total. The largest absolute Gasteiger partial charge is 0.349 e. The summed E-state index contributed by atoms with van der Waals surface area (Å²) >= 11 is 9.48. The Morgan fingerprint density at radius 2 is 2.00 bits per heavy atom. The first kappa shape index (κ1) is 15.3. The van der Waals surface area contributed by atoms with Crippen molar-refractivity contribution in [2.75, 3.05) is 0 Å². The molecule has 1 aliphatic rings. The SMILES string of the molecule is O=C(NC1CCC(Br)CC1)c1c(Cl)cccc1[N+](=O)[O-]. The Labute approximate surface area is 130 Å². The first-order valence-electron chi connectivity index (χ1n) is 6.37. The Bertz CT molecular complexity index is 530. The lowest BCUT2D eigenvalue weighted by Gasteiger charge is -2.26. The van der Waals surface area contributed by atoms with Crippen LogP contribution >= 0.6 is 27.5 Å². The maximum atomic E-state index is 12.2. The Morgan fingerprint density at radius 1 is 1.35 bits per heavy atom. The number of nitrogens with one attached hydrogen (secondary N) is 1. The number of carbonyl (C=O) groups excluding carboxylic acids is 1. The molecule has 2 rings (SSSR count). The van der Waals surface area contributed by atoms with Gasteiger partial charge in [-0.25, -0.2) is 0 Å². The summed E-state index contributed by atoms with van der Waals surface area (Å²) in [5, 5.41) is 13.9. The van der Waals surface area contributed by atoms with E-state index in [0.717, 1.165) is 25.7 Å². The van der Waals surface area contributed by atoms with Gasteiger partial charge in [-0.3, -0.25) is 14.9 Å². The number of alkyl halides is 1. The zero-order chi connectivity index (χ0) is 14.7. The molecular weight excluding hydrogens is 348 g/mol. The molecule has 0 spiro atoms. The maximum Gasteiger partial charge on any atom is 0.283 e. The zero-order valence-corrected chi connectivity index (χ0v) is 13.0. The van der Waals surface area contributed by atoms with Crippen LogP contribution < -0.4 is 5.32 Å². The second-order valence-electron chi connectivity index (χ2n) is 4.81. The van der Waals surface area contributed by atoms with Crippen molar-refractivity contribution in [2.45, 2.75) is 36.6 Å². The standard InChI is InChI=1S/C13H14BrClN2O3/c14-8-4-6-9(7-5-8)16-13(18)12-10(15)2-1-3-11(12)17(19)20/h1-3,8-9H,4-7H2,(H,16,18). The highest BCUT2D eigenvalue weighted by Gasteiger charge is 2.26. The summed E-state index contributed by atoms with van der Waals surface area (Å²) in [7, 11) is 0. The second kappa shape index (κ2) is 6.54. The van der Waals surface area contributed by atoms with Gasteiger partial charge in [-0.05, 0) is 31.7 Å². The maximum absolute atomic E-state index is 12.2. The van der Waals surface area contributed by atoms with E-state index in [1.54, 1.807) is 0 Å². The van der Waals surface area contributed by atoms with Gasteiger partial charge in [0.1, 0.15) is 5.56 Å². The molecule has 0 heterocycles. The monoisotopic (exact) mass is 360 g/mol. The molecule has 1 amide bonds. The summed E-state index contributed by atoms with van der Waals surface area (Å²) < 4.78 is 0. The van der Waals surface area contributed by atoms with Crippen molar-refractivity contribution in [1.29, 1.82) is 0 Å². The first-order chi connectivity index (χ1) is 9.49. The van der Waals surface area contributed by atoms with Crippen LogP contribution in [0.1, 0.15) is 36.0 Å². The Hall–Kier alpha value is -1.14. The van der Waals surface area contributed by atoms with Crippen LogP contribution in [-0.4, -0.2) is 21.7 Å². The number of rotatable bonds is 3. The van der Waals surface area contributed by atoms with Crippen LogP contribution in [0.2, 0.25) is 5.02 Å². The van der Waals surface area contributed by atoms with Crippen molar-refractivity contribution in [3.8, 4) is 0 Å². The average molecular weight is 362 g/mol. The molecule has 0 aliphatic heterocycles. The predicted molar refractivity (Wildman–Crippen MR) is 80.5 cm³/mol. The van der Waals surface area contributed by atoms with Crippen LogP contribution in [0, 0.1) is 10.1 Å². The molecule has 20 heavy (non-hydrogen) atoms. The summed E-state index contributed by atoms with van der Waals surface area (Å²) in [6.45, 7) is 0. The summed E-state index contributed by atoms with van der Waals surface area (Å²) in [5.74, 6) is -0.472. The topological polar surface area (TPSA) is 72.2 Å². The minimum atomic E-state index is -0.587. The minimum absolute atomic E-state index is 0.0483. The van der Waals surface area contributed by atoms with E-state index in [9.17, 15) is 14.9 Å². The lowest BCUT2D eigenvalue weighted by molar-refractivity contribution is -0.385. The van der Waals surface area contributed by atoms with Gasteiger partial charge in [0.05, 0.1) is 9.95 Å². The molecule has 0 unspecified atom stereocenters. The normalized spacial score (nSPS) is 22.3. The zero-order valence-electron chi connectivity index (χ0n) is 10.6. The van der Waals surface area contributed by atoms with E-state index in [1.165, 1.54) is 18.2 Å². The van der Waals surface area contributed by atoms with Crippen molar-refractivity contribution >= 4 is 39.1 Å². The second-order valence-corrected chi connectivity index (χ2v) is 6.52. The van der Waals surface area contributed by atoms with Crippen molar-refractivity contribution < 1.29 is 9.72 Å². The van der Waals surface area contributed by atoms with Crippen LogP contribution in [0.25, 0.3) is 0 Å². The lowest BCUT2D eigenvalue weighted by Crippen LogP contribution is -2.38. The number of nitrogens with zero attached hydrogens (tertiary/aromatic N) is 1. The number of nitro benzene ring substituents is 1. The molecule has 0 saturated heterocycles. The van der Waals surface area contributed by atoms with Gasteiger partial charge in [0, 0.05) is 16.9 Å². The number of carbonyl (C=O) groups is 1. The van der Waals surface area contributed by atoms with Crippen molar-refractivity contribution in [3.63, 3.8) is 0 Å². The average Bonchev–Trinajstić information content (AvgIpc) is 2.40.